The lowest BCUT2D eigenvalue weighted by Gasteiger charge is -2.22. The number of alkyl halides is 2. The SMILES string of the molecule is C=C(PC1CCCCC1)c1ccc(-c2cc(C(C)(F)F)ccn2)cc1. The van der Waals surface area contributed by atoms with Gasteiger partial charge in [-0.05, 0) is 41.5 Å². The van der Waals surface area contributed by atoms with Crippen LogP contribution in [0.2, 0.25) is 0 Å². The van der Waals surface area contributed by atoms with E-state index in [9.17, 15) is 8.78 Å². The fourth-order valence-corrected chi connectivity index (χ4v) is 4.80. The predicted octanol–water partition coefficient (Wildman–Crippen LogP) is 6.84. The maximum atomic E-state index is 13.5. The van der Waals surface area contributed by atoms with E-state index in [1.54, 1.807) is 0 Å². The largest absolute Gasteiger partial charge is 0.270 e. The van der Waals surface area contributed by atoms with Gasteiger partial charge in [-0.2, -0.15) is 0 Å². The Labute approximate surface area is 150 Å². The molecule has 1 saturated carbocycles. The van der Waals surface area contributed by atoms with Crippen molar-refractivity contribution >= 4 is 13.9 Å². The first kappa shape index (κ1) is 18.2. The summed E-state index contributed by atoms with van der Waals surface area (Å²) >= 11 is 0. The van der Waals surface area contributed by atoms with E-state index in [1.807, 2.05) is 24.3 Å². The third-order valence-corrected chi connectivity index (χ3v) is 6.40. The van der Waals surface area contributed by atoms with E-state index in [-0.39, 0.29) is 5.56 Å². The highest BCUT2D eigenvalue weighted by Crippen LogP contribution is 2.42. The second-order valence-electron chi connectivity index (χ2n) is 6.85. The van der Waals surface area contributed by atoms with Gasteiger partial charge in [0.1, 0.15) is 0 Å². The van der Waals surface area contributed by atoms with Crippen LogP contribution < -0.4 is 0 Å². The van der Waals surface area contributed by atoms with E-state index >= 15 is 0 Å². The number of hydrogen-bond acceptors (Lipinski definition) is 1. The molecule has 3 rings (SSSR count). The van der Waals surface area contributed by atoms with Crippen molar-refractivity contribution in [3.05, 3.63) is 60.3 Å². The highest BCUT2D eigenvalue weighted by molar-refractivity contribution is 7.51. The summed E-state index contributed by atoms with van der Waals surface area (Å²) in [4.78, 5) is 4.24. The van der Waals surface area contributed by atoms with E-state index in [0.29, 0.717) is 5.69 Å². The van der Waals surface area contributed by atoms with Gasteiger partial charge in [-0.3, -0.25) is 4.98 Å². The topological polar surface area (TPSA) is 12.9 Å². The number of benzene rings is 1. The van der Waals surface area contributed by atoms with E-state index in [4.69, 9.17) is 0 Å². The van der Waals surface area contributed by atoms with E-state index in [1.165, 1.54) is 55.7 Å². The molecule has 0 amide bonds. The predicted molar refractivity (Wildman–Crippen MR) is 103 cm³/mol. The summed E-state index contributed by atoms with van der Waals surface area (Å²) < 4.78 is 27.0. The maximum absolute atomic E-state index is 13.5. The number of hydrogen-bond donors (Lipinski definition) is 0. The third-order valence-electron chi connectivity index (χ3n) is 4.78. The lowest BCUT2D eigenvalue weighted by atomic mass is 10.0. The Morgan fingerprint density at radius 3 is 2.44 bits per heavy atom. The van der Waals surface area contributed by atoms with Crippen LogP contribution in [0.3, 0.4) is 0 Å². The van der Waals surface area contributed by atoms with Gasteiger partial charge in [0, 0.05) is 24.2 Å². The Bertz CT molecular complexity index is 728. The van der Waals surface area contributed by atoms with Crippen molar-refractivity contribution in [3.8, 4) is 11.3 Å². The zero-order valence-electron chi connectivity index (χ0n) is 14.6. The molecule has 1 aliphatic rings. The Kier molecular flexibility index (Phi) is 5.64. The highest BCUT2D eigenvalue weighted by Gasteiger charge is 2.24. The van der Waals surface area contributed by atoms with Crippen molar-refractivity contribution in [2.24, 2.45) is 0 Å². The first-order valence-corrected chi connectivity index (χ1v) is 9.92. The van der Waals surface area contributed by atoms with Crippen LogP contribution in [-0.2, 0) is 5.92 Å². The molecule has 1 unspecified atom stereocenters. The lowest BCUT2D eigenvalue weighted by molar-refractivity contribution is 0.0174. The van der Waals surface area contributed by atoms with Gasteiger partial charge in [0.15, 0.2) is 0 Å². The molecule has 1 aliphatic carbocycles. The normalized spacial score (nSPS) is 16.4. The number of pyridine rings is 1. The standard InChI is InChI=1S/C21H24F2NP/c1-15(25-19-6-4-3-5-7-19)16-8-10-17(11-9-16)20-14-18(12-13-24-20)21(2,22)23/h8-14,19,25H,1,3-7H2,2H3. The smallest absolute Gasteiger partial charge is 0.256 e. The number of aromatic nitrogens is 1. The quantitative estimate of drug-likeness (QED) is 0.532. The molecule has 132 valence electrons. The summed E-state index contributed by atoms with van der Waals surface area (Å²) in [6.07, 6.45) is 8.13. The number of nitrogens with zero attached hydrogens (tertiary/aromatic N) is 1. The maximum Gasteiger partial charge on any atom is 0.270 e. The van der Waals surface area contributed by atoms with Crippen LogP contribution in [0.1, 0.15) is 50.2 Å². The van der Waals surface area contributed by atoms with Crippen molar-refractivity contribution in [1.29, 1.82) is 0 Å². The van der Waals surface area contributed by atoms with Crippen LogP contribution in [-0.4, -0.2) is 10.6 Å². The van der Waals surface area contributed by atoms with Gasteiger partial charge in [-0.15, -0.1) is 0 Å². The summed E-state index contributed by atoms with van der Waals surface area (Å²) in [5.41, 5.74) is 3.34. The molecule has 0 N–H and O–H groups in total. The second kappa shape index (κ2) is 7.74. The molecule has 0 bridgehead atoms. The van der Waals surface area contributed by atoms with Gasteiger partial charge in [0.2, 0.25) is 0 Å². The van der Waals surface area contributed by atoms with Crippen LogP contribution in [0.5, 0.6) is 0 Å². The van der Waals surface area contributed by atoms with Crippen LogP contribution in [0.25, 0.3) is 16.6 Å². The molecule has 1 atom stereocenters. The molecule has 1 fully saturated rings. The average Bonchev–Trinajstić information content (AvgIpc) is 2.62. The van der Waals surface area contributed by atoms with E-state index < -0.39 is 5.92 Å². The molecule has 0 spiro atoms. The molecular weight excluding hydrogens is 335 g/mol. The van der Waals surface area contributed by atoms with Gasteiger partial charge < -0.3 is 0 Å². The molecule has 25 heavy (non-hydrogen) atoms. The van der Waals surface area contributed by atoms with Gasteiger partial charge in [0.25, 0.3) is 5.92 Å². The minimum Gasteiger partial charge on any atom is -0.256 e. The first-order chi connectivity index (χ1) is 11.9. The monoisotopic (exact) mass is 359 g/mol. The molecular formula is C21H24F2NP. The number of rotatable bonds is 5. The van der Waals surface area contributed by atoms with Crippen LogP contribution >= 0.6 is 8.58 Å². The van der Waals surface area contributed by atoms with E-state index in [2.05, 4.69) is 11.6 Å². The van der Waals surface area contributed by atoms with Gasteiger partial charge in [-0.1, -0.05) is 58.7 Å². The first-order valence-electron chi connectivity index (χ1n) is 8.84. The molecule has 0 radical (unpaired) electrons. The second-order valence-corrected chi connectivity index (χ2v) is 8.56. The molecule has 1 nitrogen and oxygen atoms in total. The molecule has 0 aliphatic heterocycles. The fourth-order valence-electron chi connectivity index (χ4n) is 3.28. The minimum atomic E-state index is -2.85. The van der Waals surface area contributed by atoms with Crippen molar-refractivity contribution in [2.75, 3.05) is 0 Å². The number of halogens is 2. The van der Waals surface area contributed by atoms with Crippen molar-refractivity contribution < 1.29 is 8.78 Å². The third kappa shape index (κ3) is 4.73. The van der Waals surface area contributed by atoms with Crippen molar-refractivity contribution in [2.45, 2.75) is 50.6 Å². The van der Waals surface area contributed by atoms with Crippen LogP contribution in [0, 0.1) is 0 Å². The van der Waals surface area contributed by atoms with Crippen LogP contribution in [0.4, 0.5) is 8.78 Å². The lowest BCUT2D eigenvalue weighted by Crippen LogP contribution is -2.07. The zero-order chi connectivity index (χ0) is 17.9. The summed E-state index contributed by atoms with van der Waals surface area (Å²) in [6.45, 7) is 5.17. The summed E-state index contributed by atoms with van der Waals surface area (Å²) in [7, 11) is 0.777. The minimum absolute atomic E-state index is 0.00948. The Morgan fingerprint density at radius 2 is 1.80 bits per heavy atom. The van der Waals surface area contributed by atoms with Crippen molar-refractivity contribution in [1.82, 2.24) is 4.98 Å². The van der Waals surface area contributed by atoms with Gasteiger partial charge in [-0.25, -0.2) is 8.78 Å². The Balaban J connectivity index is 1.72. The average molecular weight is 359 g/mol. The summed E-state index contributed by atoms with van der Waals surface area (Å²) in [5, 5.41) is 1.19. The Hall–Kier alpha value is -1.60. The molecule has 2 aromatic rings. The summed E-state index contributed by atoms with van der Waals surface area (Å²) in [5.74, 6) is -2.85. The molecule has 1 aromatic carbocycles. The fraction of sp³-hybridized carbons (Fsp3) is 0.381. The Morgan fingerprint density at radius 1 is 1.12 bits per heavy atom. The summed E-state index contributed by atoms with van der Waals surface area (Å²) in [6, 6.07) is 10.8. The molecule has 1 aromatic heterocycles. The van der Waals surface area contributed by atoms with Crippen molar-refractivity contribution in [3.63, 3.8) is 0 Å². The molecule has 4 heteroatoms. The molecule has 1 heterocycles. The van der Waals surface area contributed by atoms with Gasteiger partial charge >= 0.3 is 0 Å². The van der Waals surface area contributed by atoms with Crippen LogP contribution in [0.15, 0.2) is 49.2 Å². The highest BCUT2D eigenvalue weighted by atomic mass is 31.1. The van der Waals surface area contributed by atoms with E-state index in [0.717, 1.165) is 32.3 Å². The van der Waals surface area contributed by atoms with Gasteiger partial charge in [0.05, 0.1) is 5.69 Å². The zero-order valence-corrected chi connectivity index (χ0v) is 15.6. The molecule has 0 saturated heterocycles.